The summed E-state index contributed by atoms with van der Waals surface area (Å²) >= 11 is 0. The summed E-state index contributed by atoms with van der Waals surface area (Å²) in [6.07, 6.45) is 1.65. The van der Waals surface area contributed by atoms with E-state index in [0.29, 0.717) is 12.8 Å². The Hall–Kier alpha value is -0.410. The van der Waals surface area contributed by atoms with Crippen molar-refractivity contribution in [3.63, 3.8) is 0 Å². The molecule has 66 valence electrons. The van der Waals surface area contributed by atoms with Crippen molar-refractivity contribution in [2.24, 2.45) is 0 Å². The molecule has 0 spiro atoms. The van der Waals surface area contributed by atoms with E-state index in [1.165, 1.54) is 7.11 Å². The Morgan fingerprint density at radius 2 is 2.27 bits per heavy atom. The van der Waals surface area contributed by atoms with Gasteiger partial charge in [0.15, 0.2) is 5.78 Å². The minimum atomic E-state index is -0.301. The predicted molar refractivity (Wildman–Crippen MR) is 42.4 cm³/mol. The molecule has 0 bridgehead atoms. The molecule has 0 aromatic carbocycles. The Balaban J connectivity index is 3.17. The van der Waals surface area contributed by atoms with E-state index in [1.807, 2.05) is 0 Å². The van der Waals surface area contributed by atoms with Crippen LogP contribution in [0.2, 0.25) is 0 Å². The summed E-state index contributed by atoms with van der Waals surface area (Å²) in [6, 6.07) is 0. The van der Waals surface area contributed by atoms with Gasteiger partial charge in [0.2, 0.25) is 0 Å². The first-order valence-electron chi connectivity index (χ1n) is 3.85. The molecule has 1 N–H and O–H groups in total. The zero-order valence-corrected chi connectivity index (χ0v) is 7.17. The third kappa shape index (κ3) is 7.49. The lowest BCUT2D eigenvalue weighted by Crippen LogP contribution is -2.07. The molecule has 0 aromatic heterocycles. The first kappa shape index (κ1) is 10.6. The van der Waals surface area contributed by atoms with Crippen LogP contribution >= 0.6 is 0 Å². The van der Waals surface area contributed by atoms with Crippen LogP contribution in [0.5, 0.6) is 0 Å². The average Bonchev–Trinajstić information content (AvgIpc) is 1.87. The van der Waals surface area contributed by atoms with Crippen LogP contribution in [0.4, 0.5) is 0 Å². The van der Waals surface area contributed by atoms with Gasteiger partial charge in [-0.25, -0.2) is 0 Å². The summed E-state index contributed by atoms with van der Waals surface area (Å²) in [6.45, 7) is 1.92. The normalized spacial score (nSPS) is 13.0. The summed E-state index contributed by atoms with van der Waals surface area (Å²) < 4.78 is 4.65. The number of ether oxygens (including phenoxy) is 1. The fourth-order valence-electron chi connectivity index (χ4n) is 0.828. The van der Waals surface area contributed by atoms with Gasteiger partial charge >= 0.3 is 0 Å². The lowest BCUT2D eigenvalue weighted by molar-refractivity contribution is -0.122. The van der Waals surface area contributed by atoms with Gasteiger partial charge in [-0.3, -0.25) is 4.79 Å². The van der Waals surface area contributed by atoms with Gasteiger partial charge < -0.3 is 9.84 Å². The molecule has 0 aliphatic rings. The predicted octanol–water partition coefficient (Wildman–Crippen LogP) is 0.753. The number of aliphatic hydroxyl groups is 1. The maximum atomic E-state index is 10.8. The van der Waals surface area contributed by atoms with Crippen molar-refractivity contribution < 1.29 is 14.6 Å². The van der Waals surface area contributed by atoms with Crippen LogP contribution in [0.15, 0.2) is 0 Å². The number of methoxy groups -OCH3 is 1. The highest BCUT2D eigenvalue weighted by molar-refractivity contribution is 5.79. The first-order chi connectivity index (χ1) is 5.16. The van der Waals surface area contributed by atoms with E-state index in [4.69, 9.17) is 5.11 Å². The fourth-order valence-corrected chi connectivity index (χ4v) is 0.828. The van der Waals surface area contributed by atoms with Crippen LogP contribution in [0, 0.1) is 0 Å². The van der Waals surface area contributed by atoms with Gasteiger partial charge in [-0.1, -0.05) is 0 Å². The van der Waals surface area contributed by atoms with Crippen LogP contribution in [0.25, 0.3) is 0 Å². The van der Waals surface area contributed by atoms with E-state index in [1.54, 1.807) is 6.92 Å². The third-order valence-corrected chi connectivity index (χ3v) is 1.38. The number of rotatable bonds is 6. The largest absolute Gasteiger partial charge is 0.393 e. The van der Waals surface area contributed by atoms with Crippen LogP contribution in [-0.4, -0.2) is 30.7 Å². The zero-order chi connectivity index (χ0) is 8.69. The Bertz CT molecular complexity index is 110. The molecule has 0 amide bonds. The maximum Gasteiger partial charge on any atom is 0.158 e. The fraction of sp³-hybridized carbons (Fsp3) is 0.875. The van der Waals surface area contributed by atoms with Crippen LogP contribution < -0.4 is 0 Å². The molecule has 0 saturated carbocycles. The van der Waals surface area contributed by atoms with Gasteiger partial charge in [0, 0.05) is 13.5 Å². The van der Waals surface area contributed by atoms with Gasteiger partial charge in [0.25, 0.3) is 0 Å². The van der Waals surface area contributed by atoms with E-state index in [0.717, 1.165) is 6.42 Å². The van der Waals surface area contributed by atoms with Gasteiger partial charge in [-0.15, -0.1) is 0 Å². The molecule has 0 heterocycles. The molecular weight excluding hydrogens is 144 g/mol. The zero-order valence-electron chi connectivity index (χ0n) is 7.17. The molecule has 0 aromatic rings. The van der Waals surface area contributed by atoms with E-state index in [9.17, 15) is 4.79 Å². The molecule has 0 saturated heterocycles. The SMILES string of the molecule is COCC(=O)CCCC(C)O. The molecular formula is C8H16O3. The van der Waals surface area contributed by atoms with Crippen LogP contribution in [0.3, 0.4) is 0 Å². The van der Waals surface area contributed by atoms with Crippen molar-refractivity contribution in [2.45, 2.75) is 32.3 Å². The summed E-state index contributed by atoms with van der Waals surface area (Å²) in [5.74, 6) is 0.105. The van der Waals surface area contributed by atoms with Gasteiger partial charge in [0.1, 0.15) is 6.61 Å². The number of hydrogen-bond acceptors (Lipinski definition) is 3. The number of aliphatic hydroxyl groups excluding tert-OH is 1. The van der Waals surface area contributed by atoms with Crippen molar-refractivity contribution in [3.8, 4) is 0 Å². The van der Waals surface area contributed by atoms with Crippen molar-refractivity contribution >= 4 is 5.78 Å². The standard InChI is InChI=1S/C8H16O3/c1-7(9)4-3-5-8(10)6-11-2/h7,9H,3-6H2,1-2H3. The average molecular weight is 160 g/mol. The van der Waals surface area contributed by atoms with Crippen molar-refractivity contribution in [3.05, 3.63) is 0 Å². The molecule has 1 unspecified atom stereocenters. The number of carbonyl (C=O) groups excluding carboxylic acids is 1. The van der Waals surface area contributed by atoms with Crippen molar-refractivity contribution in [2.75, 3.05) is 13.7 Å². The van der Waals surface area contributed by atoms with E-state index < -0.39 is 0 Å². The minimum absolute atomic E-state index is 0.105. The number of carbonyl (C=O) groups is 1. The second-order valence-electron chi connectivity index (χ2n) is 2.71. The maximum absolute atomic E-state index is 10.8. The lowest BCUT2D eigenvalue weighted by atomic mass is 10.1. The van der Waals surface area contributed by atoms with E-state index in [-0.39, 0.29) is 18.5 Å². The van der Waals surface area contributed by atoms with E-state index >= 15 is 0 Å². The Labute approximate surface area is 67.4 Å². The van der Waals surface area contributed by atoms with Gasteiger partial charge in [0.05, 0.1) is 6.10 Å². The van der Waals surface area contributed by atoms with Crippen LogP contribution in [0.1, 0.15) is 26.2 Å². The molecule has 1 atom stereocenters. The highest BCUT2D eigenvalue weighted by Gasteiger charge is 2.01. The Morgan fingerprint density at radius 3 is 2.73 bits per heavy atom. The second kappa shape index (κ2) is 6.31. The third-order valence-electron chi connectivity index (χ3n) is 1.38. The molecule has 0 aliphatic heterocycles. The number of ketones is 1. The van der Waals surface area contributed by atoms with E-state index in [2.05, 4.69) is 4.74 Å². The molecule has 0 aliphatic carbocycles. The molecule has 0 radical (unpaired) electrons. The van der Waals surface area contributed by atoms with Gasteiger partial charge in [-0.2, -0.15) is 0 Å². The molecule has 0 rings (SSSR count). The van der Waals surface area contributed by atoms with Gasteiger partial charge in [-0.05, 0) is 19.8 Å². The number of Topliss-reactive ketones (excluding diaryl/α,β-unsaturated/α-hetero) is 1. The first-order valence-corrected chi connectivity index (χ1v) is 3.85. The summed E-state index contributed by atoms with van der Waals surface area (Å²) in [5, 5.41) is 8.85. The molecule has 3 nitrogen and oxygen atoms in total. The molecule has 3 heteroatoms. The van der Waals surface area contributed by atoms with Crippen molar-refractivity contribution in [1.29, 1.82) is 0 Å². The quantitative estimate of drug-likeness (QED) is 0.623. The van der Waals surface area contributed by atoms with Crippen molar-refractivity contribution in [1.82, 2.24) is 0 Å². The van der Waals surface area contributed by atoms with Crippen LogP contribution in [-0.2, 0) is 9.53 Å². The summed E-state index contributed by atoms with van der Waals surface area (Å²) in [7, 11) is 1.51. The molecule has 11 heavy (non-hydrogen) atoms. The Kier molecular flexibility index (Phi) is 6.07. The minimum Gasteiger partial charge on any atom is -0.393 e. The monoisotopic (exact) mass is 160 g/mol. The highest BCUT2D eigenvalue weighted by atomic mass is 16.5. The summed E-state index contributed by atoms with van der Waals surface area (Å²) in [4.78, 5) is 10.8. The number of hydrogen-bond donors (Lipinski definition) is 1. The highest BCUT2D eigenvalue weighted by Crippen LogP contribution is 2.00. The summed E-state index contributed by atoms with van der Waals surface area (Å²) in [5.41, 5.74) is 0. The molecule has 0 fully saturated rings. The lowest BCUT2D eigenvalue weighted by Gasteiger charge is -2.02. The Morgan fingerprint density at radius 1 is 1.64 bits per heavy atom. The second-order valence-corrected chi connectivity index (χ2v) is 2.71. The smallest absolute Gasteiger partial charge is 0.158 e. The topological polar surface area (TPSA) is 46.5 Å².